The van der Waals surface area contributed by atoms with Crippen molar-refractivity contribution >= 4 is 56.9 Å². The molecule has 0 unspecified atom stereocenters. The number of aromatic nitrogens is 17. The lowest BCUT2D eigenvalue weighted by atomic mass is 10.2. The number of nitrogens with one attached hydrogen (secondary N) is 4. The standard InChI is InChI=1S/C7H8.C5H7N.C5H6O.C5H6S.C4H6N2O.C4H6N2S.3C4H6N2.3C4H5NO.3C4H5NS.13C2H6/c1-7-5-3-2-4-6-7;3*1-5-3-2-4-6-5;2*1-3-5-6-4(2)7-3;1-4-2-5-3-6-4;1-4-5-2-3-6-4;1-4-2-3-5-6-4;1-4-2-5-3-6-4;1-4-5-2-3-6-4;1-4-2-3-5-6-4;1-4-2-5-3-6-4;1-4-5-2-3-6-4;1-4-2-3-5-6-4;13*1-2/h2-6H,1H3;2-4,6H,1H3;2*2-4H,1H3;2*1-2H3;3*2-3H,1H3,(H,5,6);6*2-3H,1H3;13*1-2H3. The van der Waals surface area contributed by atoms with Gasteiger partial charge in [-0.15, -0.1) is 65.7 Å². The molecule has 0 fully saturated rings. The van der Waals surface area contributed by atoms with Gasteiger partial charge in [0.25, 0.3) is 0 Å². The molecule has 0 aliphatic rings. The molecule has 0 saturated heterocycles. The van der Waals surface area contributed by atoms with Crippen LogP contribution in [0, 0.1) is 118 Å². The fourth-order valence-electron chi connectivity index (χ4n) is 5.17. The van der Waals surface area contributed by atoms with E-state index in [-0.39, 0.29) is 0 Å². The third-order valence-corrected chi connectivity index (χ3v) is 13.2. The van der Waals surface area contributed by atoms with E-state index in [4.69, 9.17) is 17.7 Å². The summed E-state index contributed by atoms with van der Waals surface area (Å²) < 4.78 is 27.6. The van der Waals surface area contributed by atoms with Gasteiger partial charge in [-0.2, -0.15) is 5.10 Å². The predicted octanol–water partition coefficient (Wildman–Crippen LogP) is 31.6. The molecule has 0 bridgehead atoms. The Balaban J connectivity index is -0.0000000902. The number of aryl methyl sites for hydroxylation is 17. The maximum Gasteiger partial charge on any atom is 0.213 e. The third-order valence-electron chi connectivity index (χ3n) is 9.54. The number of imidazole rings is 2. The molecule has 119 heavy (non-hydrogen) atoms. The van der Waals surface area contributed by atoms with Crippen LogP contribution in [-0.4, -0.2) is 85.0 Å². The molecule has 0 saturated carbocycles. The van der Waals surface area contributed by atoms with E-state index in [0.29, 0.717) is 11.8 Å². The van der Waals surface area contributed by atoms with Crippen molar-refractivity contribution in [1.82, 2.24) is 85.0 Å². The van der Waals surface area contributed by atoms with Crippen LogP contribution in [0.4, 0.5) is 0 Å². The van der Waals surface area contributed by atoms with Crippen molar-refractivity contribution < 1.29 is 22.2 Å². The number of thiophene rings is 1. The highest BCUT2D eigenvalue weighted by Gasteiger charge is 1.90. The minimum absolute atomic E-state index is 0.623. The molecule has 14 heterocycles. The molecule has 0 atom stereocenters. The molecule has 0 spiro atoms. The number of nitrogens with zero attached hydrogens (tertiary/aromatic N) is 13. The normalized spacial score (nSPS) is 7.62. The van der Waals surface area contributed by atoms with Gasteiger partial charge in [0, 0.05) is 114 Å². The highest BCUT2D eigenvalue weighted by atomic mass is 32.1. The number of hydrogen-bond donors (Lipinski definition) is 4. The Kier molecular flexibility index (Phi) is 144. The molecule has 15 aromatic rings. The molecule has 0 radical (unpaired) electrons. The van der Waals surface area contributed by atoms with Crippen LogP contribution in [0.1, 0.15) is 273 Å². The van der Waals surface area contributed by atoms with Crippen LogP contribution >= 0.6 is 56.9 Å². The van der Waals surface area contributed by atoms with Gasteiger partial charge in [0.2, 0.25) is 11.8 Å². The van der Waals surface area contributed by atoms with Crippen LogP contribution in [0.2, 0.25) is 0 Å². The second-order valence-corrected chi connectivity index (χ2v) is 24.1. The summed E-state index contributed by atoms with van der Waals surface area (Å²) in [6.45, 7) is 85.0. The van der Waals surface area contributed by atoms with E-state index >= 15 is 0 Å². The third kappa shape index (κ3) is 122. The first kappa shape index (κ1) is 138. The average Bonchev–Trinajstić information content (AvgIpc) is 1.92. The Morgan fingerprint density at radius 3 is 1.06 bits per heavy atom. The predicted molar refractivity (Wildman–Crippen MR) is 524 cm³/mol. The number of aromatic amines is 4. The second-order valence-electron chi connectivity index (χ2n) is 18.4. The summed E-state index contributed by atoms with van der Waals surface area (Å²) >= 11 is 8.26. The van der Waals surface area contributed by atoms with E-state index in [2.05, 4.69) is 133 Å². The number of rotatable bonds is 0. The van der Waals surface area contributed by atoms with Crippen LogP contribution in [0.5, 0.6) is 0 Å². The molecule has 14 aromatic heterocycles. The van der Waals surface area contributed by atoms with E-state index in [9.17, 15) is 0 Å². The van der Waals surface area contributed by atoms with E-state index < -0.39 is 0 Å². The molecular weight excluding hydrogens is 1580 g/mol. The van der Waals surface area contributed by atoms with Gasteiger partial charge in [0.15, 0.2) is 12.3 Å². The minimum Gasteiger partial charge on any atom is -0.470 e. The van der Waals surface area contributed by atoms with Gasteiger partial charge < -0.3 is 37.1 Å². The van der Waals surface area contributed by atoms with Crippen molar-refractivity contribution in [2.24, 2.45) is 0 Å². The molecule has 4 N–H and O–H groups in total. The van der Waals surface area contributed by atoms with Crippen LogP contribution in [-0.2, 0) is 0 Å². The lowest BCUT2D eigenvalue weighted by molar-refractivity contribution is 0.397. The molecule has 27 heteroatoms. The average molecular weight is 1750 g/mol. The van der Waals surface area contributed by atoms with Crippen LogP contribution in [0.25, 0.3) is 0 Å². The number of H-pyrrole nitrogens is 4. The molecule has 0 aliphatic carbocycles. The lowest BCUT2D eigenvalue weighted by Crippen LogP contribution is -1.68. The van der Waals surface area contributed by atoms with Crippen molar-refractivity contribution in [2.75, 3.05) is 0 Å². The fourth-order valence-corrected chi connectivity index (χ4v) is 7.55. The van der Waals surface area contributed by atoms with E-state index in [1.54, 1.807) is 147 Å². The largest absolute Gasteiger partial charge is 0.470 e. The summed E-state index contributed by atoms with van der Waals surface area (Å²) in [7, 11) is 0. The van der Waals surface area contributed by atoms with Crippen LogP contribution < -0.4 is 0 Å². The van der Waals surface area contributed by atoms with Gasteiger partial charge in [0.1, 0.15) is 39.4 Å². The van der Waals surface area contributed by atoms with E-state index in [1.165, 1.54) is 43.8 Å². The first-order valence-corrected chi connectivity index (χ1v) is 45.6. The Bertz CT molecular complexity index is 2990. The van der Waals surface area contributed by atoms with Crippen molar-refractivity contribution in [3.63, 3.8) is 0 Å². The smallest absolute Gasteiger partial charge is 0.213 e. The number of thiazole rings is 2. The van der Waals surface area contributed by atoms with Crippen LogP contribution in [0.15, 0.2) is 217 Å². The Morgan fingerprint density at radius 2 is 0.924 bits per heavy atom. The quantitative estimate of drug-likeness (QED) is 0.110. The molecular formula is C92H165N17O5S5. The zero-order chi connectivity index (χ0) is 94.5. The first-order valence-electron chi connectivity index (χ1n) is 41.4. The highest BCUT2D eigenvalue weighted by Crippen LogP contribution is 2.05. The second kappa shape index (κ2) is 124. The number of furan rings is 1. The Morgan fingerprint density at radius 1 is 0.336 bits per heavy atom. The minimum atomic E-state index is 0.623. The summed E-state index contributed by atoms with van der Waals surface area (Å²) in [6.07, 6.45) is 25.6. The summed E-state index contributed by atoms with van der Waals surface area (Å²) in [4.78, 5) is 35.5. The van der Waals surface area contributed by atoms with Crippen molar-refractivity contribution in [3.8, 4) is 0 Å². The fraction of sp³-hybridized carbons (Fsp3) is 0.467. The maximum absolute atomic E-state index is 4.86. The van der Waals surface area contributed by atoms with Gasteiger partial charge in [-0.25, -0.2) is 24.3 Å². The zero-order valence-electron chi connectivity index (χ0n) is 81.9. The Labute approximate surface area is 744 Å². The maximum atomic E-state index is 4.86. The van der Waals surface area contributed by atoms with Gasteiger partial charge in [-0.3, -0.25) is 15.1 Å². The molecule has 1 aromatic carbocycles. The SMILES string of the molecule is CC.CC.CC.CC.CC.CC.CC.CC.CC.CC.CC.CC.CC.Cc1ccc[nH]1.Cc1ccccc1.Cc1ccco1.Cc1cccs1.Cc1ccn[nH]1.Cc1ccno1.Cc1ccns1.Cc1cnc[nH]1.Cc1cnco1.Cc1cncs1.Cc1ncc[nH]1.Cc1ncco1.Cc1nccs1.Cc1nnc(C)o1.Cc1nnc(C)s1. The van der Waals surface area contributed by atoms with Crippen molar-refractivity contribution in [2.45, 2.75) is 298 Å². The number of hydrogen-bond acceptors (Lipinski definition) is 23. The zero-order valence-corrected chi connectivity index (χ0v) is 86.0. The van der Waals surface area contributed by atoms with Crippen molar-refractivity contribution in [1.29, 1.82) is 0 Å². The van der Waals surface area contributed by atoms with E-state index in [1.807, 2.05) is 341 Å². The monoisotopic (exact) mass is 1750 g/mol. The Hall–Kier alpha value is -9.67. The van der Waals surface area contributed by atoms with Gasteiger partial charge >= 0.3 is 0 Å². The summed E-state index contributed by atoms with van der Waals surface area (Å²) in [5.41, 5.74) is 6.58. The van der Waals surface area contributed by atoms with E-state index in [0.717, 1.165) is 55.4 Å². The molecule has 15 rings (SSSR count). The topological polar surface area (TPSA) is 296 Å². The van der Waals surface area contributed by atoms with Gasteiger partial charge in [-0.1, -0.05) is 227 Å². The molecule has 0 aliphatic heterocycles. The summed E-state index contributed by atoms with van der Waals surface area (Å²) in [5.74, 6) is 5.61. The molecule has 678 valence electrons. The summed E-state index contributed by atoms with van der Waals surface area (Å²) in [5, 5.41) is 31.9. The van der Waals surface area contributed by atoms with Crippen LogP contribution in [0.3, 0.4) is 0 Å². The summed E-state index contributed by atoms with van der Waals surface area (Å²) in [6, 6.07) is 27.9. The molecule has 0 amide bonds. The number of benzene rings is 1. The van der Waals surface area contributed by atoms with Gasteiger partial charge in [-0.05, 0) is 156 Å². The highest BCUT2D eigenvalue weighted by molar-refractivity contribution is 7.11. The first-order chi connectivity index (χ1) is 57.7. The van der Waals surface area contributed by atoms with Crippen molar-refractivity contribution in [3.05, 3.63) is 288 Å². The molecule has 22 nitrogen and oxygen atoms in total. The number of oxazole rings is 2. The van der Waals surface area contributed by atoms with Gasteiger partial charge in [0.05, 0.1) is 41.7 Å². The lowest BCUT2D eigenvalue weighted by Gasteiger charge is -1.82.